The Labute approximate surface area is 121 Å². The molecule has 0 aromatic carbocycles. The molecule has 2 rings (SSSR count). The predicted octanol–water partition coefficient (Wildman–Crippen LogP) is 2.31. The van der Waals surface area contributed by atoms with Crippen molar-refractivity contribution in [2.24, 2.45) is 16.7 Å². The molecule has 2 saturated carbocycles. The van der Waals surface area contributed by atoms with Crippen LogP contribution in [0.4, 0.5) is 0 Å². The largest absolute Gasteiger partial charge is 0.459 e. The Balaban J connectivity index is 1.99. The van der Waals surface area contributed by atoms with E-state index in [1.54, 1.807) is 0 Å². The molecule has 0 heterocycles. The van der Waals surface area contributed by atoms with Gasteiger partial charge in [0.05, 0.1) is 12.6 Å². The first-order valence-electron chi connectivity index (χ1n) is 7.48. The van der Waals surface area contributed by atoms with E-state index in [2.05, 4.69) is 26.1 Å². The second kappa shape index (κ2) is 4.55. The van der Waals surface area contributed by atoms with Gasteiger partial charge in [0.15, 0.2) is 5.78 Å². The van der Waals surface area contributed by atoms with Gasteiger partial charge in [-0.25, -0.2) is 0 Å². The maximum absolute atomic E-state index is 12.6. The van der Waals surface area contributed by atoms with Crippen LogP contribution in [0.5, 0.6) is 0 Å². The Morgan fingerprint density at radius 1 is 1.35 bits per heavy atom. The molecule has 0 saturated heterocycles. The lowest BCUT2D eigenvalue weighted by atomic mass is 9.70. The van der Waals surface area contributed by atoms with Crippen molar-refractivity contribution in [2.45, 2.75) is 66.0 Å². The average Bonchev–Trinajstić information content (AvgIpc) is 2.57. The zero-order chi connectivity index (χ0) is 15.3. The SMILES string of the molecule is CC(C)(C)OC(=O)CN[C@@H]1C(=O)[C@]2(C)CC[C@H]1C2(C)C. The van der Waals surface area contributed by atoms with Gasteiger partial charge in [-0.2, -0.15) is 0 Å². The Kier molecular flexibility index (Phi) is 3.52. The van der Waals surface area contributed by atoms with Crippen LogP contribution in [0.2, 0.25) is 0 Å². The minimum atomic E-state index is -0.483. The van der Waals surface area contributed by atoms with Crippen molar-refractivity contribution >= 4 is 11.8 Å². The van der Waals surface area contributed by atoms with Crippen molar-refractivity contribution in [3.05, 3.63) is 0 Å². The summed E-state index contributed by atoms with van der Waals surface area (Å²) < 4.78 is 5.28. The number of carbonyl (C=O) groups is 2. The Morgan fingerprint density at radius 2 is 1.95 bits per heavy atom. The maximum atomic E-state index is 12.6. The molecule has 2 bridgehead atoms. The minimum Gasteiger partial charge on any atom is -0.459 e. The van der Waals surface area contributed by atoms with E-state index in [4.69, 9.17) is 4.74 Å². The van der Waals surface area contributed by atoms with Crippen LogP contribution in [0.3, 0.4) is 0 Å². The first kappa shape index (κ1) is 15.5. The quantitative estimate of drug-likeness (QED) is 0.807. The van der Waals surface area contributed by atoms with Crippen LogP contribution in [-0.4, -0.2) is 29.9 Å². The van der Waals surface area contributed by atoms with Gasteiger partial charge < -0.3 is 4.74 Å². The zero-order valence-electron chi connectivity index (χ0n) is 13.5. The molecule has 4 heteroatoms. The van der Waals surface area contributed by atoms with Crippen LogP contribution in [0.25, 0.3) is 0 Å². The molecule has 20 heavy (non-hydrogen) atoms. The Bertz CT molecular complexity index is 435. The molecule has 3 atom stereocenters. The van der Waals surface area contributed by atoms with E-state index in [1.807, 2.05) is 20.8 Å². The fraction of sp³-hybridized carbons (Fsp3) is 0.875. The maximum Gasteiger partial charge on any atom is 0.320 e. The topological polar surface area (TPSA) is 55.4 Å². The van der Waals surface area contributed by atoms with E-state index in [1.165, 1.54) is 0 Å². The van der Waals surface area contributed by atoms with Crippen molar-refractivity contribution in [1.29, 1.82) is 0 Å². The van der Waals surface area contributed by atoms with E-state index in [0.717, 1.165) is 12.8 Å². The highest BCUT2D eigenvalue weighted by Crippen LogP contribution is 2.63. The second-order valence-electron chi connectivity index (χ2n) is 8.01. The lowest BCUT2D eigenvalue weighted by molar-refractivity contribution is -0.153. The summed E-state index contributed by atoms with van der Waals surface area (Å²) in [5.41, 5.74) is -0.721. The third-order valence-corrected chi connectivity index (χ3v) is 5.42. The van der Waals surface area contributed by atoms with Crippen LogP contribution in [0, 0.1) is 16.7 Å². The highest BCUT2D eigenvalue weighted by molar-refractivity contribution is 5.94. The fourth-order valence-corrected chi connectivity index (χ4v) is 3.89. The molecular formula is C16H27NO3. The number of fused-ring (bicyclic) bond motifs is 2. The van der Waals surface area contributed by atoms with Gasteiger partial charge in [-0.3, -0.25) is 14.9 Å². The molecule has 2 fully saturated rings. The molecule has 2 aliphatic carbocycles. The summed E-state index contributed by atoms with van der Waals surface area (Å²) in [6.45, 7) is 12.1. The summed E-state index contributed by atoms with van der Waals surface area (Å²) in [5, 5.41) is 3.14. The van der Waals surface area contributed by atoms with Gasteiger partial charge in [0.1, 0.15) is 5.60 Å². The zero-order valence-corrected chi connectivity index (χ0v) is 13.5. The molecular weight excluding hydrogens is 254 g/mol. The minimum absolute atomic E-state index is 0.00961. The van der Waals surface area contributed by atoms with Gasteiger partial charge in [0.25, 0.3) is 0 Å². The lowest BCUT2D eigenvalue weighted by Gasteiger charge is -2.32. The first-order valence-corrected chi connectivity index (χ1v) is 7.48. The summed E-state index contributed by atoms with van der Waals surface area (Å²) >= 11 is 0. The van der Waals surface area contributed by atoms with Gasteiger partial charge in [-0.1, -0.05) is 20.8 Å². The summed E-state index contributed by atoms with van der Waals surface area (Å²) in [6.07, 6.45) is 2.02. The molecule has 0 aliphatic heterocycles. The number of esters is 1. The summed E-state index contributed by atoms with van der Waals surface area (Å²) in [4.78, 5) is 24.4. The molecule has 0 aromatic rings. The van der Waals surface area contributed by atoms with Crippen LogP contribution >= 0.6 is 0 Å². The second-order valence-corrected chi connectivity index (χ2v) is 8.01. The summed E-state index contributed by atoms with van der Waals surface area (Å²) in [6, 6.07) is -0.198. The smallest absolute Gasteiger partial charge is 0.320 e. The van der Waals surface area contributed by atoms with Gasteiger partial charge >= 0.3 is 5.97 Å². The molecule has 0 amide bonds. The van der Waals surface area contributed by atoms with Crippen LogP contribution < -0.4 is 5.32 Å². The van der Waals surface area contributed by atoms with Crippen molar-refractivity contribution in [3.63, 3.8) is 0 Å². The molecule has 114 valence electrons. The fourth-order valence-electron chi connectivity index (χ4n) is 3.89. The average molecular weight is 281 g/mol. The monoisotopic (exact) mass is 281 g/mol. The van der Waals surface area contributed by atoms with Crippen molar-refractivity contribution in [1.82, 2.24) is 5.32 Å². The number of Topliss-reactive ketones (excluding diaryl/α,β-unsaturated/α-hetero) is 1. The first-order chi connectivity index (χ1) is 8.99. The van der Waals surface area contributed by atoms with E-state index < -0.39 is 5.60 Å². The molecule has 2 aliphatic rings. The Morgan fingerprint density at radius 3 is 2.40 bits per heavy atom. The third kappa shape index (κ3) is 2.28. The third-order valence-electron chi connectivity index (χ3n) is 5.42. The number of hydrogen-bond donors (Lipinski definition) is 1. The summed E-state index contributed by atoms with van der Waals surface area (Å²) in [5.74, 6) is 0.292. The van der Waals surface area contributed by atoms with Crippen LogP contribution in [-0.2, 0) is 14.3 Å². The normalized spacial score (nSPS) is 35.4. The van der Waals surface area contributed by atoms with Crippen LogP contribution in [0.15, 0.2) is 0 Å². The number of carbonyl (C=O) groups excluding carboxylic acids is 2. The molecule has 4 nitrogen and oxygen atoms in total. The molecule has 0 spiro atoms. The Hall–Kier alpha value is -0.900. The van der Waals surface area contributed by atoms with Crippen molar-refractivity contribution in [3.8, 4) is 0 Å². The van der Waals surface area contributed by atoms with Crippen molar-refractivity contribution in [2.75, 3.05) is 6.54 Å². The van der Waals surface area contributed by atoms with E-state index >= 15 is 0 Å². The van der Waals surface area contributed by atoms with Crippen LogP contribution in [0.1, 0.15) is 54.4 Å². The number of nitrogens with one attached hydrogen (secondary N) is 1. The van der Waals surface area contributed by atoms with Crippen molar-refractivity contribution < 1.29 is 14.3 Å². The van der Waals surface area contributed by atoms with Gasteiger partial charge in [-0.15, -0.1) is 0 Å². The molecule has 0 aromatic heterocycles. The van der Waals surface area contributed by atoms with E-state index in [-0.39, 0.29) is 35.2 Å². The van der Waals surface area contributed by atoms with E-state index in [9.17, 15) is 9.59 Å². The summed E-state index contributed by atoms with van der Waals surface area (Å²) in [7, 11) is 0. The molecule has 1 N–H and O–H groups in total. The predicted molar refractivity (Wildman–Crippen MR) is 77.3 cm³/mol. The number of hydrogen-bond acceptors (Lipinski definition) is 4. The number of ether oxygens (including phenoxy) is 1. The van der Waals surface area contributed by atoms with Gasteiger partial charge in [0, 0.05) is 5.41 Å². The molecule has 0 radical (unpaired) electrons. The highest BCUT2D eigenvalue weighted by atomic mass is 16.6. The highest BCUT2D eigenvalue weighted by Gasteiger charge is 2.66. The standard InChI is InChI=1S/C16H27NO3/c1-14(2,3)20-11(18)9-17-12-10-7-8-16(6,13(12)19)15(10,4)5/h10,12,17H,7-9H2,1-6H3/t10-,12+,16+/m1/s1. The lowest BCUT2D eigenvalue weighted by Crippen LogP contribution is -2.46. The van der Waals surface area contributed by atoms with Gasteiger partial charge in [0.2, 0.25) is 0 Å². The van der Waals surface area contributed by atoms with E-state index in [0.29, 0.717) is 5.92 Å². The number of ketones is 1. The van der Waals surface area contributed by atoms with Gasteiger partial charge in [-0.05, 0) is 44.9 Å². The molecule has 0 unspecified atom stereocenters. The number of rotatable bonds is 3.